The molecule has 1 saturated heterocycles. The van der Waals surface area contributed by atoms with Gasteiger partial charge in [-0.1, -0.05) is 12.1 Å². The number of nitrogens with zero attached hydrogens (tertiary/aromatic N) is 5. The molecule has 0 bridgehead atoms. The summed E-state index contributed by atoms with van der Waals surface area (Å²) >= 11 is 1.08. The van der Waals surface area contributed by atoms with Crippen LogP contribution in [0.5, 0.6) is 0 Å². The number of halogens is 3. The predicted molar refractivity (Wildman–Crippen MR) is 107 cm³/mol. The van der Waals surface area contributed by atoms with E-state index in [9.17, 15) is 23.1 Å². The minimum Gasteiger partial charge on any atom is -0.378 e. The molecule has 164 valence electrons. The SMILES string of the molecule is CC1CCC(c2nc(C(O)C(F)(F)F)cs2)CN1C(=O)c1ccccc1-n1nccn1. The van der Waals surface area contributed by atoms with Gasteiger partial charge >= 0.3 is 6.18 Å². The fraction of sp³-hybridized carbons (Fsp3) is 0.400. The summed E-state index contributed by atoms with van der Waals surface area (Å²) in [5.41, 5.74) is 0.592. The zero-order valence-electron chi connectivity index (χ0n) is 16.5. The molecule has 3 heterocycles. The average molecular weight is 451 g/mol. The number of amides is 1. The smallest absolute Gasteiger partial charge is 0.378 e. The van der Waals surface area contributed by atoms with Gasteiger partial charge in [-0.3, -0.25) is 4.79 Å². The third-order valence-electron chi connectivity index (χ3n) is 5.39. The summed E-state index contributed by atoms with van der Waals surface area (Å²) < 4.78 is 38.4. The maximum Gasteiger partial charge on any atom is 0.420 e. The largest absolute Gasteiger partial charge is 0.420 e. The van der Waals surface area contributed by atoms with E-state index >= 15 is 0 Å². The molecule has 1 fully saturated rings. The van der Waals surface area contributed by atoms with Crippen LogP contribution in [0.15, 0.2) is 42.0 Å². The van der Waals surface area contributed by atoms with Crippen molar-refractivity contribution in [2.45, 2.75) is 44.0 Å². The Labute approximate surface area is 180 Å². The lowest BCUT2D eigenvalue weighted by Crippen LogP contribution is -2.45. The second kappa shape index (κ2) is 8.39. The maximum atomic E-state index is 13.4. The highest BCUT2D eigenvalue weighted by molar-refractivity contribution is 7.09. The minimum absolute atomic E-state index is 0.0393. The summed E-state index contributed by atoms with van der Waals surface area (Å²) in [5.74, 6) is -0.397. The van der Waals surface area contributed by atoms with Gasteiger partial charge in [-0.05, 0) is 31.9 Å². The Hall–Kier alpha value is -2.79. The van der Waals surface area contributed by atoms with Crippen molar-refractivity contribution in [3.8, 4) is 5.69 Å². The monoisotopic (exact) mass is 451 g/mol. The molecule has 2 aromatic heterocycles. The van der Waals surface area contributed by atoms with Crippen molar-refractivity contribution in [3.05, 3.63) is 58.3 Å². The number of hydrogen-bond acceptors (Lipinski definition) is 6. The van der Waals surface area contributed by atoms with Crippen LogP contribution in [0.4, 0.5) is 13.2 Å². The molecule has 3 atom stereocenters. The molecule has 3 unspecified atom stereocenters. The lowest BCUT2D eigenvalue weighted by atomic mass is 9.93. The molecule has 1 N–H and O–H groups in total. The third kappa shape index (κ3) is 4.33. The highest BCUT2D eigenvalue weighted by Gasteiger charge is 2.41. The van der Waals surface area contributed by atoms with E-state index in [0.717, 1.165) is 11.3 Å². The van der Waals surface area contributed by atoms with E-state index in [1.54, 1.807) is 29.2 Å². The first-order chi connectivity index (χ1) is 14.8. The molecule has 1 amide bonds. The Morgan fingerprint density at radius 2 is 1.94 bits per heavy atom. The van der Waals surface area contributed by atoms with Crippen LogP contribution in [-0.2, 0) is 0 Å². The molecule has 31 heavy (non-hydrogen) atoms. The number of carbonyl (C=O) groups excluding carboxylic acids is 1. The number of aliphatic hydroxyl groups is 1. The molecule has 0 radical (unpaired) electrons. The van der Waals surface area contributed by atoms with Crippen molar-refractivity contribution in [1.29, 1.82) is 0 Å². The Bertz CT molecular complexity index is 1050. The van der Waals surface area contributed by atoms with Crippen LogP contribution in [0, 0.1) is 0 Å². The van der Waals surface area contributed by atoms with Gasteiger partial charge in [0.1, 0.15) is 0 Å². The third-order valence-corrected chi connectivity index (χ3v) is 6.42. The van der Waals surface area contributed by atoms with E-state index in [1.165, 1.54) is 22.6 Å². The van der Waals surface area contributed by atoms with Gasteiger partial charge in [0.2, 0.25) is 0 Å². The molecule has 0 saturated carbocycles. The Morgan fingerprint density at radius 3 is 2.65 bits per heavy atom. The lowest BCUT2D eigenvalue weighted by molar-refractivity contribution is -0.207. The van der Waals surface area contributed by atoms with Crippen LogP contribution in [0.2, 0.25) is 0 Å². The summed E-state index contributed by atoms with van der Waals surface area (Å²) in [6, 6.07) is 6.98. The summed E-state index contributed by atoms with van der Waals surface area (Å²) in [4.78, 5) is 20.5. The zero-order valence-corrected chi connectivity index (χ0v) is 17.3. The number of para-hydroxylation sites is 1. The van der Waals surface area contributed by atoms with Crippen molar-refractivity contribution in [3.63, 3.8) is 0 Å². The van der Waals surface area contributed by atoms with Gasteiger partial charge in [0.25, 0.3) is 5.91 Å². The first-order valence-corrected chi connectivity index (χ1v) is 10.6. The quantitative estimate of drug-likeness (QED) is 0.654. The highest BCUT2D eigenvalue weighted by Crippen LogP contribution is 2.37. The summed E-state index contributed by atoms with van der Waals surface area (Å²) in [5, 5.41) is 19.4. The first-order valence-electron chi connectivity index (χ1n) is 9.72. The standard InChI is InChI=1S/C20H20F3N5O2S/c1-12-6-7-13(18-26-15(11-31-18)17(29)20(21,22)23)10-27(12)19(30)14-4-2-3-5-16(14)28-24-8-9-25-28/h2-5,8-9,11-13,17,29H,6-7,10H2,1H3. The van der Waals surface area contributed by atoms with Crippen molar-refractivity contribution in [2.75, 3.05) is 6.54 Å². The van der Waals surface area contributed by atoms with Gasteiger partial charge < -0.3 is 10.0 Å². The fourth-order valence-corrected chi connectivity index (χ4v) is 4.66. The molecule has 0 aliphatic carbocycles. The maximum absolute atomic E-state index is 13.4. The Balaban J connectivity index is 1.57. The second-order valence-electron chi connectivity index (χ2n) is 7.47. The lowest BCUT2D eigenvalue weighted by Gasteiger charge is -2.37. The van der Waals surface area contributed by atoms with Crippen molar-refractivity contribution >= 4 is 17.2 Å². The van der Waals surface area contributed by atoms with Crippen LogP contribution in [0.1, 0.15) is 52.8 Å². The number of carbonyl (C=O) groups is 1. The van der Waals surface area contributed by atoms with Gasteiger partial charge in [0.05, 0.1) is 34.3 Å². The van der Waals surface area contributed by atoms with Gasteiger partial charge in [-0.25, -0.2) is 4.98 Å². The summed E-state index contributed by atoms with van der Waals surface area (Å²) in [6.07, 6.45) is -2.94. The summed E-state index contributed by atoms with van der Waals surface area (Å²) in [6.45, 7) is 2.28. The molecular weight excluding hydrogens is 431 g/mol. The number of aromatic nitrogens is 4. The number of rotatable bonds is 4. The van der Waals surface area contributed by atoms with Crippen LogP contribution in [-0.4, -0.2) is 54.7 Å². The van der Waals surface area contributed by atoms with Crippen molar-refractivity contribution in [2.24, 2.45) is 0 Å². The molecule has 1 aliphatic rings. The number of aliphatic hydroxyl groups excluding tert-OH is 1. The van der Waals surface area contributed by atoms with E-state index in [4.69, 9.17) is 0 Å². The molecule has 1 aromatic carbocycles. The van der Waals surface area contributed by atoms with Crippen LogP contribution in [0.25, 0.3) is 5.69 Å². The average Bonchev–Trinajstić information content (AvgIpc) is 3.45. The number of benzene rings is 1. The molecule has 7 nitrogen and oxygen atoms in total. The minimum atomic E-state index is -4.77. The van der Waals surface area contributed by atoms with E-state index < -0.39 is 18.0 Å². The van der Waals surface area contributed by atoms with Gasteiger partial charge in [0.15, 0.2) is 6.10 Å². The van der Waals surface area contributed by atoms with Crippen LogP contribution >= 0.6 is 11.3 Å². The normalized spacial score (nSPS) is 20.6. The predicted octanol–water partition coefficient (Wildman–Crippen LogP) is 3.73. The van der Waals surface area contributed by atoms with E-state index in [1.807, 2.05) is 6.92 Å². The number of alkyl halides is 3. The fourth-order valence-electron chi connectivity index (χ4n) is 3.70. The molecular formula is C20H20F3N5O2S. The number of piperidine rings is 1. The molecule has 3 aromatic rings. The highest BCUT2D eigenvalue weighted by atomic mass is 32.1. The number of thiazole rings is 1. The van der Waals surface area contributed by atoms with Crippen LogP contribution < -0.4 is 0 Å². The zero-order chi connectivity index (χ0) is 22.2. The topological polar surface area (TPSA) is 84.1 Å². The van der Waals surface area contributed by atoms with Crippen molar-refractivity contribution in [1.82, 2.24) is 24.9 Å². The number of hydrogen-bond donors (Lipinski definition) is 1. The molecule has 11 heteroatoms. The summed E-state index contributed by atoms with van der Waals surface area (Å²) in [7, 11) is 0. The van der Waals surface area contributed by atoms with Crippen molar-refractivity contribution < 1.29 is 23.1 Å². The van der Waals surface area contributed by atoms with E-state index in [2.05, 4.69) is 15.2 Å². The molecule has 1 aliphatic heterocycles. The number of likely N-dealkylation sites (tertiary alicyclic amines) is 1. The van der Waals surface area contributed by atoms with Gasteiger partial charge in [0, 0.05) is 23.9 Å². The molecule has 0 spiro atoms. The van der Waals surface area contributed by atoms with Gasteiger partial charge in [-0.2, -0.15) is 28.2 Å². The second-order valence-corrected chi connectivity index (χ2v) is 8.36. The van der Waals surface area contributed by atoms with Gasteiger partial charge in [-0.15, -0.1) is 11.3 Å². The Morgan fingerprint density at radius 1 is 1.23 bits per heavy atom. The van der Waals surface area contributed by atoms with E-state index in [-0.39, 0.29) is 17.9 Å². The van der Waals surface area contributed by atoms with Crippen LogP contribution in [0.3, 0.4) is 0 Å². The first kappa shape index (κ1) is 21.4. The van der Waals surface area contributed by atoms with E-state index in [0.29, 0.717) is 35.6 Å². The molecule has 4 rings (SSSR count). The Kier molecular flexibility index (Phi) is 5.80.